The number of ether oxygens (including phenoxy) is 4. The van der Waals surface area contributed by atoms with Crippen LogP contribution in [0.3, 0.4) is 0 Å². The zero-order valence-corrected chi connectivity index (χ0v) is 18.7. The fraction of sp³-hybridized carbons (Fsp3) is 0.280. The molecule has 4 nitrogen and oxygen atoms in total. The lowest BCUT2D eigenvalue weighted by Gasteiger charge is -2.26. The molecule has 10 heteroatoms. The van der Waals surface area contributed by atoms with Crippen LogP contribution >= 0.6 is 0 Å². The van der Waals surface area contributed by atoms with Gasteiger partial charge in [0.15, 0.2) is 11.5 Å². The lowest BCUT2D eigenvalue weighted by Crippen LogP contribution is -2.26. The van der Waals surface area contributed by atoms with Crippen LogP contribution in [0.1, 0.15) is 25.0 Å². The molecule has 0 aliphatic rings. The third-order valence-electron chi connectivity index (χ3n) is 4.79. The number of para-hydroxylation sites is 1. The van der Waals surface area contributed by atoms with E-state index in [1.807, 2.05) is 36.4 Å². The van der Waals surface area contributed by atoms with Crippen molar-refractivity contribution in [1.29, 1.82) is 0 Å². The summed E-state index contributed by atoms with van der Waals surface area (Å²) < 4.78 is 95.0. The maximum Gasteiger partial charge on any atom is 0.573 e. The molecule has 0 bridgehead atoms. The topological polar surface area (TPSA) is 36.9 Å². The maximum absolute atomic E-state index is 12.7. The molecule has 0 aliphatic carbocycles. The van der Waals surface area contributed by atoms with E-state index in [2.05, 4.69) is 9.47 Å². The van der Waals surface area contributed by atoms with Gasteiger partial charge in [0.2, 0.25) is 0 Å². The van der Waals surface area contributed by atoms with E-state index >= 15 is 0 Å². The van der Waals surface area contributed by atoms with Crippen LogP contribution in [0, 0.1) is 0 Å². The summed E-state index contributed by atoms with van der Waals surface area (Å²) in [4.78, 5) is 0. The summed E-state index contributed by atoms with van der Waals surface area (Å²) in [5.74, 6) is -0.913. The summed E-state index contributed by atoms with van der Waals surface area (Å²) in [6.07, 6.45) is -10.4. The van der Waals surface area contributed by atoms with E-state index in [0.29, 0.717) is 11.5 Å². The van der Waals surface area contributed by atoms with Crippen molar-refractivity contribution in [2.75, 3.05) is 6.61 Å². The molecule has 0 amide bonds. The van der Waals surface area contributed by atoms with E-state index in [9.17, 15) is 26.3 Å². The Morgan fingerprint density at radius 3 is 1.94 bits per heavy atom. The molecule has 0 aromatic heterocycles. The SMILES string of the molecule is CC(C)(COCc1cccc(Oc2ccccc2)c1)c1ccc(OC(F)(F)F)c(OC(F)(F)F)c1. The van der Waals surface area contributed by atoms with Crippen molar-refractivity contribution in [3.8, 4) is 23.0 Å². The fourth-order valence-electron chi connectivity index (χ4n) is 3.17. The van der Waals surface area contributed by atoms with Gasteiger partial charge in [0.05, 0.1) is 13.2 Å². The monoisotopic (exact) mass is 500 g/mol. The summed E-state index contributed by atoms with van der Waals surface area (Å²) in [7, 11) is 0. The van der Waals surface area contributed by atoms with Crippen LogP contribution in [-0.4, -0.2) is 19.3 Å². The van der Waals surface area contributed by atoms with Crippen LogP contribution in [-0.2, 0) is 16.8 Å². The van der Waals surface area contributed by atoms with Crippen LogP contribution < -0.4 is 14.2 Å². The third-order valence-corrected chi connectivity index (χ3v) is 4.79. The Kier molecular flexibility index (Phi) is 7.84. The van der Waals surface area contributed by atoms with Crippen LogP contribution in [0.25, 0.3) is 0 Å². The maximum atomic E-state index is 12.7. The highest BCUT2D eigenvalue weighted by Gasteiger charge is 2.37. The van der Waals surface area contributed by atoms with Crippen LogP contribution in [0.2, 0.25) is 0 Å². The number of hydrogen-bond donors (Lipinski definition) is 0. The Morgan fingerprint density at radius 2 is 1.29 bits per heavy atom. The molecular weight excluding hydrogens is 478 g/mol. The smallest absolute Gasteiger partial charge is 0.457 e. The molecule has 3 aromatic carbocycles. The molecule has 35 heavy (non-hydrogen) atoms. The van der Waals surface area contributed by atoms with E-state index < -0.39 is 29.6 Å². The van der Waals surface area contributed by atoms with Gasteiger partial charge in [-0.15, -0.1) is 26.3 Å². The average Bonchev–Trinajstić information content (AvgIpc) is 2.74. The Balaban J connectivity index is 1.68. The molecule has 0 spiro atoms. The molecule has 0 saturated carbocycles. The first kappa shape index (κ1) is 26.2. The first-order valence-electron chi connectivity index (χ1n) is 10.4. The zero-order chi connectivity index (χ0) is 25.7. The largest absolute Gasteiger partial charge is 0.573 e. The van der Waals surface area contributed by atoms with Crippen LogP contribution in [0.15, 0.2) is 72.8 Å². The van der Waals surface area contributed by atoms with E-state index in [0.717, 1.165) is 17.7 Å². The van der Waals surface area contributed by atoms with Gasteiger partial charge >= 0.3 is 12.7 Å². The molecule has 0 heterocycles. The lowest BCUT2D eigenvalue weighted by molar-refractivity contribution is -0.287. The first-order chi connectivity index (χ1) is 16.3. The van der Waals surface area contributed by atoms with Gasteiger partial charge in [-0.05, 0) is 47.5 Å². The van der Waals surface area contributed by atoms with E-state index in [1.165, 1.54) is 6.07 Å². The number of rotatable bonds is 9. The number of benzene rings is 3. The number of hydrogen-bond acceptors (Lipinski definition) is 4. The quantitative estimate of drug-likeness (QED) is 0.281. The van der Waals surface area contributed by atoms with Gasteiger partial charge in [0.1, 0.15) is 11.5 Å². The highest BCUT2D eigenvalue weighted by molar-refractivity contribution is 5.45. The van der Waals surface area contributed by atoms with E-state index in [4.69, 9.17) is 9.47 Å². The minimum atomic E-state index is -5.20. The minimum Gasteiger partial charge on any atom is -0.457 e. The van der Waals surface area contributed by atoms with Gasteiger partial charge in [-0.1, -0.05) is 50.2 Å². The second kappa shape index (κ2) is 10.5. The van der Waals surface area contributed by atoms with Gasteiger partial charge < -0.3 is 18.9 Å². The van der Waals surface area contributed by atoms with Crippen molar-refractivity contribution in [3.05, 3.63) is 83.9 Å². The third kappa shape index (κ3) is 8.40. The van der Waals surface area contributed by atoms with E-state index in [1.54, 1.807) is 32.0 Å². The summed E-state index contributed by atoms with van der Waals surface area (Å²) in [5, 5.41) is 0. The van der Waals surface area contributed by atoms with Crippen molar-refractivity contribution in [2.45, 2.75) is 38.6 Å². The molecule has 0 atom stereocenters. The second-order valence-corrected chi connectivity index (χ2v) is 8.20. The molecular formula is C25H22F6O4. The van der Waals surface area contributed by atoms with Gasteiger partial charge in [0.25, 0.3) is 0 Å². The minimum absolute atomic E-state index is 0.0572. The molecule has 0 radical (unpaired) electrons. The van der Waals surface area contributed by atoms with Crippen molar-refractivity contribution in [2.24, 2.45) is 0 Å². The predicted octanol–water partition coefficient (Wildman–Crippen LogP) is 7.77. The van der Waals surface area contributed by atoms with Gasteiger partial charge in [-0.3, -0.25) is 0 Å². The molecule has 188 valence electrons. The van der Waals surface area contributed by atoms with Crippen LogP contribution in [0.5, 0.6) is 23.0 Å². The molecule has 3 aromatic rings. The molecule has 0 N–H and O–H groups in total. The summed E-state index contributed by atoms with van der Waals surface area (Å²) in [6.45, 7) is 3.59. The summed E-state index contributed by atoms with van der Waals surface area (Å²) in [6, 6.07) is 19.3. The normalized spacial score (nSPS) is 12.3. The van der Waals surface area contributed by atoms with Gasteiger partial charge in [-0.2, -0.15) is 0 Å². The molecule has 0 saturated heterocycles. The Bertz CT molecular complexity index is 1110. The lowest BCUT2D eigenvalue weighted by atomic mass is 9.85. The average molecular weight is 500 g/mol. The fourth-order valence-corrected chi connectivity index (χ4v) is 3.17. The number of alkyl halides is 6. The van der Waals surface area contributed by atoms with Crippen LogP contribution in [0.4, 0.5) is 26.3 Å². The van der Waals surface area contributed by atoms with Crippen molar-refractivity contribution >= 4 is 0 Å². The second-order valence-electron chi connectivity index (χ2n) is 8.20. The van der Waals surface area contributed by atoms with Gasteiger partial charge in [0, 0.05) is 5.41 Å². The van der Waals surface area contributed by atoms with Crippen molar-refractivity contribution in [3.63, 3.8) is 0 Å². The van der Waals surface area contributed by atoms with Crippen molar-refractivity contribution < 1.29 is 45.3 Å². The number of halogens is 6. The zero-order valence-electron chi connectivity index (χ0n) is 18.7. The highest BCUT2D eigenvalue weighted by atomic mass is 19.4. The predicted molar refractivity (Wildman–Crippen MR) is 115 cm³/mol. The van der Waals surface area contributed by atoms with Crippen molar-refractivity contribution in [1.82, 2.24) is 0 Å². The molecule has 3 rings (SSSR count). The Morgan fingerprint density at radius 1 is 0.657 bits per heavy atom. The standard InChI is InChI=1S/C25H22F6O4/c1-23(2,18-11-12-21(34-24(26,27)28)22(14-18)35-25(29,30)31)16-32-15-17-7-6-10-20(13-17)33-19-8-4-3-5-9-19/h3-14H,15-16H2,1-2H3. The van der Waals surface area contributed by atoms with Gasteiger partial charge in [-0.25, -0.2) is 0 Å². The molecule has 0 aliphatic heterocycles. The highest BCUT2D eigenvalue weighted by Crippen LogP contribution is 2.39. The summed E-state index contributed by atoms with van der Waals surface area (Å²) in [5.41, 5.74) is 0.204. The van der Waals surface area contributed by atoms with E-state index in [-0.39, 0.29) is 18.8 Å². The Hall–Kier alpha value is -3.40. The molecule has 0 unspecified atom stereocenters. The first-order valence-corrected chi connectivity index (χ1v) is 10.4. The summed E-state index contributed by atoms with van der Waals surface area (Å²) >= 11 is 0. The molecule has 0 fully saturated rings. The Labute approximate surface area is 198 Å².